The van der Waals surface area contributed by atoms with E-state index in [2.05, 4.69) is 15.9 Å². The molecular formula is C15H16BrFO4. The second-order valence-corrected chi connectivity index (χ2v) is 4.97. The summed E-state index contributed by atoms with van der Waals surface area (Å²) in [6, 6.07) is 2.56. The lowest BCUT2D eigenvalue weighted by molar-refractivity contribution is -0.138. The molecule has 0 N–H and O–H groups in total. The second kappa shape index (κ2) is 7.93. The van der Waals surface area contributed by atoms with Crippen LogP contribution < -0.4 is 0 Å². The molecule has 6 heteroatoms. The third kappa shape index (κ3) is 4.39. The summed E-state index contributed by atoms with van der Waals surface area (Å²) in [5, 5.41) is 0. The number of hydrogen-bond donors (Lipinski definition) is 0. The van der Waals surface area contributed by atoms with E-state index >= 15 is 0 Å². The van der Waals surface area contributed by atoms with Crippen molar-refractivity contribution < 1.29 is 23.5 Å². The average molecular weight is 359 g/mol. The molecule has 0 aliphatic heterocycles. The maximum absolute atomic E-state index is 13.9. The zero-order valence-electron chi connectivity index (χ0n) is 12.0. The van der Waals surface area contributed by atoms with Gasteiger partial charge in [-0.1, -0.05) is 15.9 Å². The third-order valence-electron chi connectivity index (χ3n) is 2.60. The number of carbonyl (C=O) groups excluding carboxylic acids is 2. The molecule has 0 fully saturated rings. The maximum atomic E-state index is 13.9. The lowest BCUT2D eigenvalue weighted by Gasteiger charge is -2.09. The summed E-state index contributed by atoms with van der Waals surface area (Å²) in [5.74, 6) is -2.32. The van der Waals surface area contributed by atoms with Gasteiger partial charge >= 0.3 is 5.97 Å². The average Bonchev–Trinajstić information content (AvgIpc) is 2.43. The van der Waals surface area contributed by atoms with Gasteiger partial charge in [-0.2, -0.15) is 0 Å². The number of ether oxygens (including phenoxy) is 2. The molecule has 0 saturated heterocycles. The van der Waals surface area contributed by atoms with Gasteiger partial charge in [-0.15, -0.1) is 0 Å². The lowest BCUT2D eigenvalue weighted by Crippen LogP contribution is -2.18. The monoisotopic (exact) mass is 358 g/mol. The quantitative estimate of drug-likeness (QED) is 0.195. The zero-order chi connectivity index (χ0) is 16.0. The molecule has 0 aromatic heterocycles. The Morgan fingerprint density at radius 1 is 1.29 bits per heavy atom. The Labute approximate surface area is 131 Å². The molecule has 21 heavy (non-hydrogen) atoms. The minimum atomic E-state index is -0.837. The number of Topliss-reactive ketones (excluding diaryl/α,β-unsaturated/α-hetero) is 1. The van der Waals surface area contributed by atoms with Gasteiger partial charge in [0.25, 0.3) is 0 Å². The highest BCUT2D eigenvalue weighted by Gasteiger charge is 2.25. The van der Waals surface area contributed by atoms with Crippen LogP contribution in [0.25, 0.3) is 0 Å². The summed E-state index contributed by atoms with van der Waals surface area (Å²) in [5.41, 5.74) is 0.147. The van der Waals surface area contributed by atoms with Gasteiger partial charge in [-0.05, 0) is 38.5 Å². The second-order valence-electron chi connectivity index (χ2n) is 4.12. The number of benzene rings is 1. The van der Waals surface area contributed by atoms with Crippen LogP contribution in [0.2, 0.25) is 0 Å². The van der Waals surface area contributed by atoms with Crippen LogP contribution in [0.1, 0.15) is 29.8 Å². The predicted octanol–water partition coefficient (Wildman–Crippen LogP) is 3.56. The van der Waals surface area contributed by atoms with Crippen LogP contribution in [0.3, 0.4) is 0 Å². The molecule has 0 amide bonds. The number of halogens is 2. The summed E-state index contributed by atoms with van der Waals surface area (Å²) in [6.45, 7) is 5.42. The van der Waals surface area contributed by atoms with Crippen LogP contribution in [0.15, 0.2) is 28.4 Å². The van der Waals surface area contributed by atoms with Crippen molar-refractivity contribution in [2.75, 3.05) is 13.2 Å². The fourth-order valence-corrected chi connectivity index (χ4v) is 1.86. The van der Waals surface area contributed by atoms with E-state index in [1.807, 2.05) is 0 Å². The van der Waals surface area contributed by atoms with Crippen molar-refractivity contribution >= 4 is 27.7 Å². The highest BCUT2D eigenvalue weighted by atomic mass is 79.9. The molecule has 0 atom stereocenters. The SMILES string of the molecule is CCOC=C(C(=O)OCC)C(=O)c1cc(C)c(Br)cc1F. The van der Waals surface area contributed by atoms with Crippen molar-refractivity contribution in [3.05, 3.63) is 45.4 Å². The first-order valence-electron chi connectivity index (χ1n) is 6.41. The van der Waals surface area contributed by atoms with Gasteiger partial charge in [0.05, 0.1) is 18.8 Å². The molecule has 0 unspecified atom stereocenters. The summed E-state index contributed by atoms with van der Waals surface area (Å²) in [6.07, 6.45) is 1.01. The predicted molar refractivity (Wildman–Crippen MR) is 79.5 cm³/mol. The molecule has 0 saturated carbocycles. The minimum Gasteiger partial charge on any atom is -0.500 e. The Balaban J connectivity index is 3.23. The normalized spacial score (nSPS) is 11.2. The van der Waals surface area contributed by atoms with Crippen LogP contribution in [0.5, 0.6) is 0 Å². The smallest absolute Gasteiger partial charge is 0.345 e. The maximum Gasteiger partial charge on any atom is 0.345 e. The van der Waals surface area contributed by atoms with Crippen molar-refractivity contribution in [2.24, 2.45) is 0 Å². The first-order valence-corrected chi connectivity index (χ1v) is 7.20. The molecular weight excluding hydrogens is 343 g/mol. The highest BCUT2D eigenvalue weighted by molar-refractivity contribution is 9.10. The topological polar surface area (TPSA) is 52.6 Å². The van der Waals surface area contributed by atoms with Gasteiger partial charge in [0.1, 0.15) is 17.7 Å². The third-order valence-corrected chi connectivity index (χ3v) is 3.46. The fourth-order valence-electron chi connectivity index (χ4n) is 1.55. The van der Waals surface area contributed by atoms with E-state index in [9.17, 15) is 14.0 Å². The highest BCUT2D eigenvalue weighted by Crippen LogP contribution is 2.23. The van der Waals surface area contributed by atoms with Gasteiger partial charge < -0.3 is 9.47 Å². The fraction of sp³-hybridized carbons (Fsp3) is 0.333. The molecule has 1 rings (SSSR count). The Hall–Kier alpha value is -1.69. The molecule has 1 aromatic rings. The molecule has 4 nitrogen and oxygen atoms in total. The van der Waals surface area contributed by atoms with Gasteiger partial charge in [0, 0.05) is 4.47 Å². The molecule has 1 aromatic carbocycles. The molecule has 0 aliphatic rings. The Morgan fingerprint density at radius 3 is 2.52 bits per heavy atom. The Morgan fingerprint density at radius 2 is 1.95 bits per heavy atom. The van der Waals surface area contributed by atoms with E-state index in [0.717, 1.165) is 6.26 Å². The first kappa shape index (κ1) is 17.4. The molecule has 114 valence electrons. The molecule has 0 bridgehead atoms. The molecule has 0 aliphatic carbocycles. The molecule has 0 heterocycles. The summed E-state index contributed by atoms with van der Waals surface area (Å²) >= 11 is 3.18. The van der Waals surface area contributed by atoms with Crippen molar-refractivity contribution in [3.63, 3.8) is 0 Å². The Kier molecular flexibility index (Phi) is 6.55. The number of hydrogen-bond acceptors (Lipinski definition) is 4. The van der Waals surface area contributed by atoms with Crippen LogP contribution in [-0.4, -0.2) is 25.0 Å². The van der Waals surface area contributed by atoms with Crippen molar-refractivity contribution in [2.45, 2.75) is 20.8 Å². The van der Waals surface area contributed by atoms with Crippen LogP contribution >= 0.6 is 15.9 Å². The van der Waals surface area contributed by atoms with Gasteiger partial charge in [-0.25, -0.2) is 9.18 Å². The number of carbonyl (C=O) groups is 2. The minimum absolute atomic E-state index is 0.109. The van der Waals surface area contributed by atoms with E-state index in [1.54, 1.807) is 20.8 Å². The van der Waals surface area contributed by atoms with E-state index in [1.165, 1.54) is 12.1 Å². The van der Waals surface area contributed by atoms with Crippen molar-refractivity contribution in [1.82, 2.24) is 0 Å². The van der Waals surface area contributed by atoms with Crippen LogP contribution in [0, 0.1) is 12.7 Å². The van der Waals surface area contributed by atoms with Crippen LogP contribution in [0.4, 0.5) is 4.39 Å². The first-order chi connectivity index (χ1) is 9.92. The largest absolute Gasteiger partial charge is 0.500 e. The van der Waals surface area contributed by atoms with Crippen molar-refractivity contribution in [1.29, 1.82) is 0 Å². The zero-order valence-corrected chi connectivity index (χ0v) is 13.6. The van der Waals surface area contributed by atoms with Crippen molar-refractivity contribution in [3.8, 4) is 0 Å². The van der Waals surface area contributed by atoms with E-state index in [0.29, 0.717) is 10.0 Å². The molecule has 0 radical (unpaired) electrons. The van der Waals surface area contributed by atoms with Crippen LogP contribution in [-0.2, 0) is 14.3 Å². The van der Waals surface area contributed by atoms with E-state index in [4.69, 9.17) is 9.47 Å². The number of esters is 1. The summed E-state index contributed by atoms with van der Waals surface area (Å²) in [7, 11) is 0. The number of aryl methyl sites for hydroxylation is 1. The molecule has 0 spiro atoms. The number of ketones is 1. The number of rotatable bonds is 6. The van der Waals surface area contributed by atoms with Gasteiger partial charge in [0.15, 0.2) is 0 Å². The lowest BCUT2D eigenvalue weighted by atomic mass is 10.0. The van der Waals surface area contributed by atoms with E-state index in [-0.39, 0.29) is 24.4 Å². The van der Waals surface area contributed by atoms with Gasteiger partial charge in [-0.3, -0.25) is 4.79 Å². The standard InChI is InChI=1S/C15H16BrFO4/c1-4-20-8-11(15(19)21-5-2)14(18)10-6-9(3)12(16)7-13(10)17/h6-8H,4-5H2,1-3H3. The summed E-state index contributed by atoms with van der Waals surface area (Å²) in [4.78, 5) is 24.2. The van der Waals surface area contributed by atoms with E-state index < -0.39 is 17.6 Å². The Bertz CT molecular complexity index is 581. The van der Waals surface area contributed by atoms with Gasteiger partial charge in [0.2, 0.25) is 5.78 Å². The summed E-state index contributed by atoms with van der Waals surface area (Å²) < 4.78 is 24.3.